The van der Waals surface area contributed by atoms with E-state index >= 15 is 0 Å². The van der Waals surface area contributed by atoms with Crippen molar-refractivity contribution in [1.29, 1.82) is 0 Å². The Bertz CT molecular complexity index is 2600. The molecule has 3 nitrogen and oxygen atoms in total. The number of benzene rings is 7. The van der Waals surface area contributed by atoms with Gasteiger partial charge in [0.15, 0.2) is 0 Å². The van der Waals surface area contributed by atoms with Gasteiger partial charge in [0, 0.05) is 45.2 Å². The maximum Gasteiger partial charge on any atom is 0.145 e. The first kappa shape index (κ1) is 24.6. The van der Waals surface area contributed by atoms with Gasteiger partial charge in [-0.1, -0.05) is 97.1 Å². The van der Waals surface area contributed by atoms with Gasteiger partial charge in [0.2, 0.25) is 0 Å². The van der Waals surface area contributed by atoms with Crippen molar-refractivity contribution in [3.05, 3.63) is 151 Å². The Morgan fingerprint density at radius 1 is 0.489 bits per heavy atom. The normalized spacial score (nSPS) is 13.1. The second-order valence-corrected chi connectivity index (χ2v) is 12.0. The molecule has 1 aliphatic heterocycles. The smallest absolute Gasteiger partial charge is 0.145 e. The Kier molecular flexibility index (Phi) is 5.11. The number of anilines is 2. The summed E-state index contributed by atoms with van der Waals surface area (Å²) in [5.41, 5.74) is 11.8. The van der Waals surface area contributed by atoms with Crippen LogP contribution in [0.2, 0.25) is 0 Å². The van der Waals surface area contributed by atoms with E-state index in [1.165, 1.54) is 49.7 Å². The minimum atomic E-state index is 0.924. The first-order chi connectivity index (χ1) is 22.3. The van der Waals surface area contributed by atoms with Crippen molar-refractivity contribution in [2.24, 2.45) is 0 Å². The number of aromatic nitrogens is 1. The van der Waals surface area contributed by atoms with Crippen LogP contribution < -0.4 is 4.90 Å². The van der Waals surface area contributed by atoms with Gasteiger partial charge < -0.3 is 13.9 Å². The van der Waals surface area contributed by atoms with Crippen molar-refractivity contribution in [3.63, 3.8) is 0 Å². The Balaban J connectivity index is 1.12. The molecule has 3 heterocycles. The molecule has 2 aromatic heterocycles. The molecule has 0 aliphatic carbocycles. The number of fused-ring (bicyclic) bond motifs is 9. The molecule has 0 spiro atoms. The molecule has 9 aromatic rings. The predicted octanol–water partition coefficient (Wildman–Crippen LogP) is 11.2. The Morgan fingerprint density at radius 3 is 2.11 bits per heavy atom. The summed E-state index contributed by atoms with van der Waals surface area (Å²) in [6.45, 7) is 1.01. The third kappa shape index (κ3) is 3.52. The number of rotatable bonds is 3. The fourth-order valence-corrected chi connectivity index (χ4v) is 7.66. The Hall–Kier alpha value is -5.80. The number of nitrogens with zero attached hydrogens (tertiary/aromatic N) is 2. The topological polar surface area (TPSA) is 21.3 Å². The molecule has 0 amide bonds. The van der Waals surface area contributed by atoms with Crippen molar-refractivity contribution >= 4 is 65.9 Å². The van der Waals surface area contributed by atoms with Crippen molar-refractivity contribution in [2.75, 3.05) is 11.4 Å². The van der Waals surface area contributed by atoms with E-state index in [9.17, 15) is 0 Å². The van der Waals surface area contributed by atoms with E-state index < -0.39 is 0 Å². The summed E-state index contributed by atoms with van der Waals surface area (Å²) in [6.07, 6.45) is 1.08. The molecule has 10 rings (SSSR count). The zero-order valence-corrected chi connectivity index (χ0v) is 24.6. The molecule has 0 N–H and O–H groups in total. The fraction of sp³-hybridized carbons (Fsp3) is 0.0476. The second kappa shape index (κ2) is 9.35. The third-order valence-electron chi connectivity index (χ3n) is 9.70. The standard InChI is InChI=1S/C42H28N2O/c1-6-14-36-28(9-1)25-26-43(36)37-23-21-30(31-10-2-3-11-32(31)37)27-17-19-29(20-18-27)44-38-15-7-4-13-35(38)41-39(44)24-22-34-33-12-5-8-16-40(33)45-42(34)41/h1-24H,25-26H2. The van der Waals surface area contributed by atoms with E-state index in [2.05, 4.69) is 149 Å². The van der Waals surface area contributed by atoms with Crippen molar-refractivity contribution in [2.45, 2.75) is 6.42 Å². The lowest BCUT2D eigenvalue weighted by atomic mass is 9.96. The maximum atomic E-state index is 6.49. The van der Waals surface area contributed by atoms with Crippen molar-refractivity contribution in [1.82, 2.24) is 4.57 Å². The lowest BCUT2D eigenvalue weighted by molar-refractivity contribution is 0.673. The van der Waals surface area contributed by atoms with E-state index in [1.807, 2.05) is 6.07 Å². The molecule has 7 aromatic carbocycles. The molecule has 0 bridgehead atoms. The molecule has 3 heteroatoms. The predicted molar refractivity (Wildman–Crippen MR) is 188 cm³/mol. The van der Waals surface area contributed by atoms with Gasteiger partial charge in [0.25, 0.3) is 0 Å². The first-order valence-electron chi connectivity index (χ1n) is 15.6. The van der Waals surface area contributed by atoms with Crippen LogP contribution in [0.25, 0.3) is 71.3 Å². The molecule has 0 radical (unpaired) electrons. The van der Waals surface area contributed by atoms with Crippen molar-refractivity contribution < 1.29 is 4.42 Å². The van der Waals surface area contributed by atoms with Crippen LogP contribution in [-0.2, 0) is 6.42 Å². The van der Waals surface area contributed by atoms with Gasteiger partial charge in [0.1, 0.15) is 11.2 Å². The Morgan fingerprint density at radius 2 is 1.22 bits per heavy atom. The molecule has 212 valence electrons. The first-order valence-corrected chi connectivity index (χ1v) is 15.6. The van der Waals surface area contributed by atoms with E-state index in [0.29, 0.717) is 0 Å². The Labute approximate surface area is 260 Å². The second-order valence-electron chi connectivity index (χ2n) is 12.0. The van der Waals surface area contributed by atoms with Gasteiger partial charge in [-0.05, 0) is 77.0 Å². The van der Waals surface area contributed by atoms with Crippen LogP contribution in [-0.4, -0.2) is 11.1 Å². The summed E-state index contributed by atoms with van der Waals surface area (Å²) in [5.74, 6) is 0. The minimum Gasteiger partial charge on any atom is -0.455 e. The van der Waals surface area contributed by atoms with Crippen LogP contribution in [0.15, 0.2) is 150 Å². The molecular weight excluding hydrogens is 548 g/mol. The summed E-state index contributed by atoms with van der Waals surface area (Å²) in [5, 5.41) is 7.23. The highest BCUT2D eigenvalue weighted by Crippen LogP contribution is 2.43. The minimum absolute atomic E-state index is 0.924. The molecular formula is C42H28N2O. The van der Waals surface area contributed by atoms with E-state index in [-0.39, 0.29) is 0 Å². The van der Waals surface area contributed by atoms with Crippen molar-refractivity contribution in [3.8, 4) is 16.8 Å². The number of para-hydroxylation sites is 3. The highest BCUT2D eigenvalue weighted by Gasteiger charge is 2.22. The maximum absolute atomic E-state index is 6.49. The average molecular weight is 577 g/mol. The number of hydrogen-bond acceptors (Lipinski definition) is 2. The zero-order chi connectivity index (χ0) is 29.5. The molecule has 0 unspecified atom stereocenters. The van der Waals surface area contributed by atoms with Gasteiger partial charge in [-0.3, -0.25) is 0 Å². The monoisotopic (exact) mass is 576 g/mol. The van der Waals surface area contributed by atoms with Gasteiger partial charge in [-0.25, -0.2) is 0 Å². The van der Waals surface area contributed by atoms with Gasteiger partial charge in [-0.2, -0.15) is 0 Å². The van der Waals surface area contributed by atoms with Gasteiger partial charge >= 0.3 is 0 Å². The average Bonchev–Trinajstić information content (AvgIpc) is 3.80. The summed E-state index contributed by atoms with van der Waals surface area (Å²) >= 11 is 0. The lowest BCUT2D eigenvalue weighted by Gasteiger charge is -2.23. The van der Waals surface area contributed by atoms with Crippen LogP contribution in [0, 0.1) is 0 Å². The fourth-order valence-electron chi connectivity index (χ4n) is 7.66. The van der Waals surface area contributed by atoms with Crippen LogP contribution in [0.5, 0.6) is 0 Å². The number of furan rings is 1. The third-order valence-corrected chi connectivity index (χ3v) is 9.70. The summed E-state index contributed by atoms with van der Waals surface area (Å²) in [7, 11) is 0. The molecule has 0 saturated heterocycles. The van der Waals surface area contributed by atoms with Crippen LogP contribution in [0.4, 0.5) is 11.4 Å². The molecule has 0 fully saturated rings. The van der Waals surface area contributed by atoms with E-state index in [1.54, 1.807) is 0 Å². The van der Waals surface area contributed by atoms with Crippen LogP contribution in [0.1, 0.15) is 5.56 Å². The summed E-state index contributed by atoms with van der Waals surface area (Å²) in [6, 6.07) is 52.7. The quantitative estimate of drug-likeness (QED) is 0.209. The molecule has 0 atom stereocenters. The highest BCUT2D eigenvalue weighted by molar-refractivity contribution is 6.23. The van der Waals surface area contributed by atoms with Crippen LogP contribution in [0.3, 0.4) is 0 Å². The van der Waals surface area contributed by atoms with E-state index in [4.69, 9.17) is 4.42 Å². The van der Waals surface area contributed by atoms with Gasteiger partial charge in [-0.15, -0.1) is 0 Å². The summed E-state index contributed by atoms with van der Waals surface area (Å²) < 4.78 is 8.86. The lowest BCUT2D eigenvalue weighted by Crippen LogP contribution is -2.13. The molecule has 45 heavy (non-hydrogen) atoms. The molecule has 0 saturated carbocycles. The van der Waals surface area contributed by atoms with E-state index in [0.717, 1.165) is 51.5 Å². The highest BCUT2D eigenvalue weighted by atomic mass is 16.3. The largest absolute Gasteiger partial charge is 0.455 e. The number of hydrogen-bond donors (Lipinski definition) is 0. The SMILES string of the molecule is c1ccc2c(c1)CCN2c1ccc(-c2ccc(-n3c4ccccc4c4c5oc6ccccc6c5ccc43)cc2)c2ccccc12. The molecule has 1 aliphatic rings. The summed E-state index contributed by atoms with van der Waals surface area (Å²) in [4.78, 5) is 2.48. The zero-order valence-electron chi connectivity index (χ0n) is 24.6. The van der Waals surface area contributed by atoms with Crippen LogP contribution >= 0.6 is 0 Å². The van der Waals surface area contributed by atoms with Gasteiger partial charge in [0.05, 0.1) is 16.4 Å².